The number of hydrogen-bond acceptors (Lipinski definition) is 3. The molecule has 2 nitrogen and oxygen atoms in total. The Morgan fingerprint density at radius 2 is 2.17 bits per heavy atom. The smallest absolute Gasteiger partial charge is 0.0417 e. The Morgan fingerprint density at radius 3 is 2.78 bits per heavy atom. The van der Waals surface area contributed by atoms with Gasteiger partial charge in [0.25, 0.3) is 0 Å². The average molecular weight is 264 g/mol. The van der Waals surface area contributed by atoms with Gasteiger partial charge in [0.1, 0.15) is 0 Å². The van der Waals surface area contributed by atoms with Crippen molar-refractivity contribution in [3.63, 3.8) is 0 Å². The minimum Gasteiger partial charge on any atom is -0.311 e. The monoisotopic (exact) mass is 264 g/mol. The molecule has 18 heavy (non-hydrogen) atoms. The second kappa shape index (κ2) is 4.95. The van der Waals surface area contributed by atoms with Gasteiger partial charge in [-0.2, -0.15) is 0 Å². The number of nitrogens with zero attached hydrogens (tertiary/aromatic N) is 1. The Kier molecular flexibility index (Phi) is 3.48. The van der Waals surface area contributed by atoms with Crippen molar-refractivity contribution >= 4 is 11.3 Å². The molecule has 2 heterocycles. The first kappa shape index (κ1) is 12.6. The van der Waals surface area contributed by atoms with Crippen molar-refractivity contribution in [3.8, 4) is 0 Å². The third-order valence-corrected chi connectivity index (χ3v) is 5.68. The van der Waals surface area contributed by atoms with Crippen LogP contribution >= 0.6 is 11.3 Å². The average Bonchev–Trinajstić information content (AvgIpc) is 3.11. The molecule has 2 aliphatic rings. The minimum absolute atomic E-state index is 0.571. The molecule has 1 aliphatic carbocycles. The second-order valence-corrected chi connectivity index (χ2v) is 7.34. The SMILES string of the molecule is Cc1ccc(C(C)N2CC(C3CC3)NCC2C)s1. The fraction of sp³-hybridized carbons (Fsp3) is 0.733. The first-order valence-electron chi connectivity index (χ1n) is 7.20. The molecule has 0 spiro atoms. The van der Waals surface area contributed by atoms with E-state index in [0.717, 1.165) is 18.5 Å². The quantitative estimate of drug-likeness (QED) is 0.902. The molecule has 1 saturated heterocycles. The van der Waals surface area contributed by atoms with Crippen LogP contribution in [-0.4, -0.2) is 30.1 Å². The molecule has 3 heteroatoms. The lowest BCUT2D eigenvalue weighted by Crippen LogP contribution is -2.56. The Morgan fingerprint density at radius 1 is 1.39 bits per heavy atom. The largest absolute Gasteiger partial charge is 0.311 e. The molecule has 1 aromatic rings. The molecule has 1 saturated carbocycles. The first-order chi connectivity index (χ1) is 8.65. The van der Waals surface area contributed by atoms with Gasteiger partial charge in [0.2, 0.25) is 0 Å². The highest BCUT2D eigenvalue weighted by atomic mass is 32.1. The topological polar surface area (TPSA) is 15.3 Å². The van der Waals surface area contributed by atoms with E-state index in [2.05, 4.69) is 43.1 Å². The van der Waals surface area contributed by atoms with Crippen molar-refractivity contribution in [2.24, 2.45) is 5.92 Å². The van der Waals surface area contributed by atoms with E-state index in [1.54, 1.807) is 0 Å². The Labute approximate surface area is 114 Å². The molecule has 2 fully saturated rings. The van der Waals surface area contributed by atoms with Crippen LogP contribution in [0.15, 0.2) is 12.1 Å². The van der Waals surface area contributed by atoms with Crippen LogP contribution in [0.1, 0.15) is 42.5 Å². The molecular weight excluding hydrogens is 240 g/mol. The van der Waals surface area contributed by atoms with Crippen molar-refractivity contribution in [3.05, 3.63) is 21.9 Å². The summed E-state index contributed by atoms with van der Waals surface area (Å²) in [5, 5.41) is 3.73. The third-order valence-electron chi connectivity index (χ3n) is 4.51. The zero-order valence-corrected chi connectivity index (χ0v) is 12.5. The number of nitrogens with one attached hydrogen (secondary N) is 1. The normalized spacial score (nSPS) is 31.5. The molecular formula is C15H24N2S. The molecule has 1 N–H and O–H groups in total. The maximum atomic E-state index is 3.73. The van der Waals surface area contributed by atoms with Crippen molar-refractivity contribution in [1.82, 2.24) is 10.2 Å². The van der Waals surface area contributed by atoms with Gasteiger partial charge in [-0.1, -0.05) is 0 Å². The van der Waals surface area contributed by atoms with Crippen molar-refractivity contribution < 1.29 is 0 Å². The van der Waals surface area contributed by atoms with Crippen LogP contribution < -0.4 is 5.32 Å². The molecule has 3 atom stereocenters. The molecule has 0 amide bonds. The van der Waals surface area contributed by atoms with Crippen molar-refractivity contribution in [2.45, 2.75) is 51.7 Å². The fourth-order valence-corrected chi connectivity index (χ4v) is 4.06. The number of aryl methyl sites for hydroxylation is 1. The van der Waals surface area contributed by atoms with Crippen LogP contribution in [0, 0.1) is 12.8 Å². The third kappa shape index (κ3) is 2.49. The summed E-state index contributed by atoms with van der Waals surface area (Å²) in [6, 6.07) is 6.52. The summed E-state index contributed by atoms with van der Waals surface area (Å²) in [6.45, 7) is 9.30. The molecule has 100 valence electrons. The van der Waals surface area contributed by atoms with E-state index < -0.39 is 0 Å². The molecule has 1 aromatic heterocycles. The maximum absolute atomic E-state index is 3.73. The lowest BCUT2D eigenvalue weighted by Gasteiger charge is -2.42. The predicted molar refractivity (Wildman–Crippen MR) is 78.2 cm³/mol. The highest BCUT2D eigenvalue weighted by Crippen LogP contribution is 2.36. The zero-order valence-electron chi connectivity index (χ0n) is 11.6. The standard InChI is InChI=1S/C15H24N2S/c1-10-8-16-14(13-5-6-13)9-17(10)12(3)15-7-4-11(2)18-15/h4,7,10,12-14,16H,5-6,8-9H2,1-3H3. The highest BCUT2D eigenvalue weighted by molar-refractivity contribution is 7.12. The van der Waals surface area contributed by atoms with E-state index in [1.165, 1.54) is 29.1 Å². The fourth-order valence-electron chi connectivity index (χ4n) is 3.11. The summed E-state index contributed by atoms with van der Waals surface area (Å²) in [5.74, 6) is 0.956. The highest BCUT2D eigenvalue weighted by Gasteiger charge is 2.37. The molecule has 0 aromatic carbocycles. The van der Waals surface area contributed by atoms with Gasteiger partial charge in [0.15, 0.2) is 0 Å². The van der Waals surface area contributed by atoms with Gasteiger partial charge in [0, 0.05) is 41.0 Å². The molecule has 3 unspecified atom stereocenters. The van der Waals surface area contributed by atoms with Gasteiger partial charge in [-0.25, -0.2) is 0 Å². The van der Waals surface area contributed by atoms with Crippen LogP contribution in [0.5, 0.6) is 0 Å². The number of thiophene rings is 1. The molecule has 3 rings (SSSR count). The van der Waals surface area contributed by atoms with E-state index in [9.17, 15) is 0 Å². The first-order valence-corrected chi connectivity index (χ1v) is 8.02. The van der Waals surface area contributed by atoms with Crippen LogP contribution in [0.25, 0.3) is 0 Å². The van der Waals surface area contributed by atoms with Crippen molar-refractivity contribution in [1.29, 1.82) is 0 Å². The Hall–Kier alpha value is -0.380. The van der Waals surface area contributed by atoms with Crippen LogP contribution in [-0.2, 0) is 0 Å². The van der Waals surface area contributed by atoms with Gasteiger partial charge in [-0.05, 0) is 51.7 Å². The summed E-state index contributed by atoms with van der Waals surface area (Å²) in [4.78, 5) is 5.65. The minimum atomic E-state index is 0.571. The lowest BCUT2D eigenvalue weighted by atomic mass is 10.0. The summed E-state index contributed by atoms with van der Waals surface area (Å²) in [7, 11) is 0. The Bertz CT molecular complexity index is 410. The van der Waals surface area contributed by atoms with Gasteiger partial charge < -0.3 is 5.32 Å². The second-order valence-electron chi connectivity index (χ2n) is 6.02. The summed E-state index contributed by atoms with van der Waals surface area (Å²) in [5.41, 5.74) is 0. The van der Waals surface area contributed by atoms with Crippen LogP contribution in [0.3, 0.4) is 0 Å². The van der Waals surface area contributed by atoms with Gasteiger partial charge >= 0.3 is 0 Å². The number of rotatable bonds is 3. The molecule has 0 radical (unpaired) electrons. The number of piperazine rings is 1. The van der Waals surface area contributed by atoms with E-state index >= 15 is 0 Å². The Balaban J connectivity index is 1.72. The van der Waals surface area contributed by atoms with Gasteiger partial charge in [-0.15, -0.1) is 11.3 Å². The van der Waals surface area contributed by atoms with Gasteiger partial charge in [0.05, 0.1) is 0 Å². The number of hydrogen-bond donors (Lipinski definition) is 1. The van der Waals surface area contributed by atoms with Crippen LogP contribution in [0.4, 0.5) is 0 Å². The van der Waals surface area contributed by atoms with E-state index in [1.807, 2.05) is 11.3 Å². The molecule has 0 bridgehead atoms. The predicted octanol–water partition coefficient (Wildman–Crippen LogP) is 3.19. The maximum Gasteiger partial charge on any atom is 0.0417 e. The van der Waals surface area contributed by atoms with Crippen LogP contribution in [0.2, 0.25) is 0 Å². The zero-order chi connectivity index (χ0) is 12.7. The van der Waals surface area contributed by atoms with Gasteiger partial charge in [-0.3, -0.25) is 4.90 Å². The van der Waals surface area contributed by atoms with E-state index in [4.69, 9.17) is 0 Å². The van der Waals surface area contributed by atoms with E-state index in [0.29, 0.717) is 12.1 Å². The van der Waals surface area contributed by atoms with Crippen molar-refractivity contribution in [2.75, 3.05) is 13.1 Å². The lowest BCUT2D eigenvalue weighted by molar-refractivity contribution is 0.0940. The van der Waals surface area contributed by atoms with E-state index in [-0.39, 0.29) is 0 Å². The summed E-state index contributed by atoms with van der Waals surface area (Å²) in [6.07, 6.45) is 2.87. The summed E-state index contributed by atoms with van der Waals surface area (Å²) >= 11 is 1.95. The summed E-state index contributed by atoms with van der Waals surface area (Å²) < 4.78 is 0. The molecule has 1 aliphatic heterocycles.